The van der Waals surface area contributed by atoms with Gasteiger partial charge in [0.15, 0.2) is 5.76 Å². The Labute approximate surface area is 135 Å². The van der Waals surface area contributed by atoms with E-state index >= 15 is 0 Å². The number of hydrogen-bond acceptors (Lipinski definition) is 4. The quantitative estimate of drug-likeness (QED) is 0.908. The second-order valence-electron chi connectivity index (χ2n) is 6.39. The van der Waals surface area contributed by atoms with Crippen molar-refractivity contribution in [3.8, 4) is 5.75 Å². The molecule has 0 radical (unpaired) electrons. The summed E-state index contributed by atoms with van der Waals surface area (Å²) in [6, 6.07) is 5.46. The minimum absolute atomic E-state index is 0.269. The number of aliphatic hydroxyl groups is 1. The standard InChI is InChI=1S/C18H23NO4/c1-12-14-10-13(22-2)6-7-15(14)23-16(12)17(20)19-11-18(21)8-4-3-5-9-18/h6-7,10,21H,3-5,8-9,11H2,1-2H3,(H,19,20). The number of hydrogen-bond donors (Lipinski definition) is 2. The molecule has 1 aliphatic rings. The number of fused-ring (bicyclic) bond motifs is 1. The van der Waals surface area contributed by atoms with Crippen LogP contribution in [0.4, 0.5) is 0 Å². The molecule has 124 valence electrons. The van der Waals surface area contributed by atoms with Gasteiger partial charge in [0.25, 0.3) is 5.91 Å². The Morgan fingerprint density at radius 2 is 2.09 bits per heavy atom. The molecule has 3 rings (SSSR count). The number of furan rings is 1. The second-order valence-corrected chi connectivity index (χ2v) is 6.39. The third kappa shape index (κ3) is 3.20. The van der Waals surface area contributed by atoms with E-state index in [-0.39, 0.29) is 12.5 Å². The lowest BCUT2D eigenvalue weighted by Crippen LogP contribution is -2.44. The predicted molar refractivity (Wildman–Crippen MR) is 87.9 cm³/mol. The van der Waals surface area contributed by atoms with Crippen LogP contribution in [0.3, 0.4) is 0 Å². The van der Waals surface area contributed by atoms with E-state index in [1.54, 1.807) is 19.2 Å². The molecule has 1 heterocycles. The lowest BCUT2D eigenvalue weighted by molar-refractivity contribution is 0.00503. The van der Waals surface area contributed by atoms with Crippen molar-refractivity contribution < 1.29 is 19.1 Å². The van der Waals surface area contributed by atoms with Crippen LogP contribution in [0.1, 0.15) is 48.2 Å². The first kappa shape index (κ1) is 15.9. The Kier molecular flexibility index (Phi) is 4.31. The maximum atomic E-state index is 12.4. The maximum Gasteiger partial charge on any atom is 0.287 e. The highest BCUT2D eigenvalue weighted by Crippen LogP contribution is 2.30. The summed E-state index contributed by atoms with van der Waals surface area (Å²) in [6.07, 6.45) is 4.65. The van der Waals surface area contributed by atoms with Gasteiger partial charge in [0, 0.05) is 17.5 Å². The molecule has 1 aromatic heterocycles. The highest BCUT2D eigenvalue weighted by atomic mass is 16.5. The number of nitrogens with one attached hydrogen (secondary N) is 1. The van der Waals surface area contributed by atoms with Gasteiger partial charge in [-0.05, 0) is 38.0 Å². The number of carbonyl (C=O) groups excluding carboxylic acids is 1. The molecule has 0 atom stereocenters. The Morgan fingerprint density at radius 1 is 1.35 bits per heavy atom. The normalized spacial score (nSPS) is 17.2. The molecule has 0 spiro atoms. The molecule has 0 saturated heterocycles. The lowest BCUT2D eigenvalue weighted by Gasteiger charge is -2.31. The summed E-state index contributed by atoms with van der Waals surface area (Å²) < 4.78 is 10.9. The molecule has 0 bridgehead atoms. The number of rotatable bonds is 4. The molecule has 1 amide bonds. The summed E-state index contributed by atoms with van der Waals surface area (Å²) in [5, 5.41) is 14.2. The summed E-state index contributed by atoms with van der Waals surface area (Å²) in [6.45, 7) is 2.13. The van der Waals surface area contributed by atoms with Crippen molar-refractivity contribution >= 4 is 16.9 Å². The van der Waals surface area contributed by atoms with Crippen molar-refractivity contribution in [2.45, 2.75) is 44.6 Å². The van der Waals surface area contributed by atoms with Crippen LogP contribution in [0, 0.1) is 6.92 Å². The van der Waals surface area contributed by atoms with Crippen LogP contribution in [0.2, 0.25) is 0 Å². The van der Waals surface area contributed by atoms with Crippen molar-refractivity contribution in [3.63, 3.8) is 0 Å². The number of amides is 1. The Bertz CT molecular complexity index is 713. The smallest absolute Gasteiger partial charge is 0.287 e. The van der Waals surface area contributed by atoms with Crippen LogP contribution in [-0.4, -0.2) is 30.3 Å². The molecule has 5 nitrogen and oxygen atoms in total. The maximum absolute atomic E-state index is 12.4. The van der Waals surface area contributed by atoms with Gasteiger partial charge >= 0.3 is 0 Å². The van der Waals surface area contributed by atoms with E-state index in [4.69, 9.17) is 9.15 Å². The van der Waals surface area contributed by atoms with E-state index in [0.717, 1.165) is 48.8 Å². The third-order valence-electron chi connectivity index (χ3n) is 4.71. The molecule has 1 aromatic carbocycles. The highest BCUT2D eigenvalue weighted by Gasteiger charge is 2.30. The van der Waals surface area contributed by atoms with Gasteiger partial charge in [-0.2, -0.15) is 0 Å². The molecular formula is C18H23NO4. The van der Waals surface area contributed by atoms with Crippen LogP contribution in [0.15, 0.2) is 22.6 Å². The Balaban J connectivity index is 1.76. The molecule has 1 aliphatic carbocycles. The van der Waals surface area contributed by atoms with Crippen LogP contribution in [0.25, 0.3) is 11.0 Å². The van der Waals surface area contributed by atoms with Crippen LogP contribution in [0.5, 0.6) is 5.75 Å². The molecule has 5 heteroatoms. The van der Waals surface area contributed by atoms with Crippen LogP contribution in [-0.2, 0) is 0 Å². The van der Waals surface area contributed by atoms with Crippen molar-refractivity contribution in [1.29, 1.82) is 0 Å². The predicted octanol–water partition coefficient (Wildman–Crippen LogP) is 3.17. The van der Waals surface area contributed by atoms with Gasteiger partial charge in [0.05, 0.1) is 12.7 Å². The minimum atomic E-state index is -0.781. The van der Waals surface area contributed by atoms with Gasteiger partial charge in [-0.25, -0.2) is 0 Å². The van der Waals surface area contributed by atoms with Crippen molar-refractivity contribution in [2.75, 3.05) is 13.7 Å². The molecule has 1 fully saturated rings. The van der Waals surface area contributed by atoms with Crippen LogP contribution < -0.4 is 10.1 Å². The fraction of sp³-hybridized carbons (Fsp3) is 0.500. The fourth-order valence-electron chi connectivity index (χ4n) is 3.26. The lowest BCUT2D eigenvalue weighted by atomic mass is 9.85. The van der Waals surface area contributed by atoms with E-state index < -0.39 is 5.60 Å². The largest absolute Gasteiger partial charge is 0.497 e. The summed E-state index contributed by atoms with van der Waals surface area (Å²) in [5.74, 6) is 0.745. The van der Waals surface area contributed by atoms with Gasteiger partial charge in [0.2, 0.25) is 0 Å². The first-order chi connectivity index (χ1) is 11.0. The zero-order chi connectivity index (χ0) is 16.4. The van der Waals surface area contributed by atoms with Gasteiger partial charge in [0.1, 0.15) is 11.3 Å². The van der Waals surface area contributed by atoms with E-state index in [9.17, 15) is 9.90 Å². The summed E-state index contributed by atoms with van der Waals surface area (Å²) in [7, 11) is 1.61. The Morgan fingerprint density at radius 3 is 2.78 bits per heavy atom. The number of aryl methyl sites for hydroxylation is 1. The summed E-state index contributed by atoms with van der Waals surface area (Å²) in [4.78, 5) is 12.4. The zero-order valence-electron chi connectivity index (χ0n) is 13.6. The van der Waals surface area contributed by atoms with Gasteiger partial charge in [-0.3, -0.25) is 4.79 Å². The second kappa shape index (κ2) is 6.24. The van der Waals surface area contributed by atoms with Gasteiger partial charge in [-0.1, -0.05) is 19.3 Å². The zero-order valence-corrected chi connectivity index (χ0v) is 13.6. The molecule has 23 heavy (non-hydrogen) atoms. The van der Waals surface area contributed by atoms with Gasteiger partial charge in [-0.15, -0.1) is 0 Å². The SMILES string of the molecule is COc1ccc2oc(C(=O)NCC3(O)CCCCC3)c(C)c2c1. The van der Waals surface area contributed by atoms with Crippen LogP contribution >= 0.6 is 0 Å². The molecule has 2 aromatic rings. The number of ether oxygens (including phenoxy) is 1. The monoisotopic (exact) mass is 317 g/mol. The van der Waals surface area contributed by atoms with E-state index in [1.165, 1.54) is 0 Å². The average molecular weight is 317 g/mol. The summed E-state index contributed by atoms with van der Waals surface area (Å²) in [5.41, 5.74) is 0.661. The average Bonchev–Trinajstić information content (AvgIpc) is 2.90. The number of benzene rings is 1. The van der Waals surface area contributed by atoms with E-state index in [2.05, 4.69) is 5.32 Å². The van der Waals surface area contributed by atoms with E-state index in [0.29, 0.717) is 11.3 Å². The van der Waals surface area contributed by atoms with E-state index in [1.807, 2.05) is 13.0 Å². The van der Waals surface area contributed by atoms with Crippen molar-refractivity contribution in [2.24, 2.45) is 0 Å². The topological polar surface area (TPSA) is 71.7 Å². The molecule has 2 N–H and O–H groups in total. The number of carbonyl (C=O) groups is 1. The third-order valence-corrected chi connectivity index (χ3v) is 4.71. The fourth-order valence-corrected chi connectivity index (χ4v) is 3.26. The van der Waals surface area contributed by atoms with Crippen molar-refractivity contribution in [1.82, 2.24) is 5.32 Å². The molecule has 0 unspecified atom stereocenters. The highest BCUT2D eigenvalue weighted by molar-refractivity contribution is 5.99. The minimum Gasteiger partial charge on any atom is -0.497 e. The Hall–Kier alpha value is -2.01. The number of methoxy groups -OCH3 is 1. The molecule has 0 aliphatic heterocycles. The first-order valence-corrected chi connectivity index (χ1v) is 8.10. The summed E-state index contributed by atoms with van der Waals surface area (Å²) >= 11 is 0. The molecular weight excluding hydrogens is 294 g/mol. The first-order valence-electron chi connectivity index (χ1n) is 8.10. The molecule has 1 saturated carbocycles. The van der Waals surface area contributed by atoms with Crippen molar-refractivity contribution in [3.05, 3.63) is 29.5 Å². The van der Waals surface area contributed by atoms with Gasteiger partial charge < -0.3 is 19.6 Å².